The Labute approximate surface area is 123 Å². The number of para-hydroxylation sites is 2. The standard InChI is InChI=1S/C16H21N3O2/c1-16(21)7-4-9-19(10-8-16)11-14-15(20)18-13-6-3-2-5-12(13)17-14/h2-3,5-6,21H,4,7-11H2,1H3,(H,18,20). The van der Waals surface area contributed by atoms with Gasteiger partial charge in [-0.2, -0.15) is 0 Å². The van der Waals surface area contributed by atoms with Gasteiger partial charge in [-0.05, 0) is 44.9 Å². The fourth-order valence-corrected chi connectivity index (χ4v) is 2.86. The molecule has 1 aliphatic heterocycles. The van der Waals surface area contributed by atoms with E-state index in [0.717, 1.165) is 43.4 Å². The number of hydrogen-bond acceptors (Lipinski definition) is 4. The molecule has 5 nitrogen and oxygen atoms in total. The fraction of sp³-hybridized carbons (Fsp3) is 0.500. The number of nitrogens with one attached hydrogen (secondary N) is 1. The van der Waals surface area contributed by atoms with Crippen LogP contribution in [0.4, 0.5) is 0 Å². The van der Waals surface area contributed by atoms with Crippen LogP contribution in [0.25, 0.3) is 11.0 Å². The van der Waals surface area contributed by atoms with Crippen LogP contribution < -0.4 is 5.56 Å². The molecule has 2 N–H and O–H groups in total. The molecule has 1 aromatic heterocycles. The van der Waals surface area contributed by atoms with Crippen molar-refractivity contribution in [3.8, 4) is 0 Å². The molecule has 5 heteroatoms. The molecule has 112 valence electrons. The maximum absolute atomic E-state index is 12.1. The minimum Gasteiger partial charge on any atom is -0.390 e. The molecule has 1 saturated heterocycles. The Hall–Kier alpha value is -1.72. The van der Waals surface area contributed by atoms with E-state index in [2.05, 4.69) is 14.9 Å². The van der Waals surface area contributed by atoms with E-state index in [9.17, 15) is 9.90 Å². The van der Waals surface area contributed by atoms with E-state index in [4.69, 9.17) is 0 Å². The number of rotatable bonds is 2. The number of aliphatic hydroxyl groups is 1. The van der Waals surface area contributed by atoms with Crippen molar-refractivity contribution in [1.82, 2.24) is 14.9 Å². The summed E-state index contributed by atoms with van der Waals surface area (Å²) in [6.07, 6.45) is 2.49. The Bertz CT molecular complexity index is 693. The molecule has 0 saturated carbocycles. The molecule has 0 amide bonds. The van der Waals surface area contributed by atoms with Crippen molar-refractivity contribution in [2.75, 3.05) is 13.1 Å². The number of hydrogen-bond donors (Lipinski definition) is 2. The smallest absolute Gasteiger partial charge is 0.271 e. The van der Waals surface area contributed by atoms with Crippen LogP contribution in [-0.4, -0.2) is 38.7 Å². The Morgan fingerprint density at radius 1 is 1.33 bits per heavy atom. The topological polar surface area (TPSA) is 69.2 Å². The highest BCUT2D eigenvalue weighted by molar-refractivity contribution is 5.73. The number of benzene rings is 1. The largest absolute Gasteiger partial charge is 0.390 e. The summed E-state index contributed by atoms with van der Waals surface area (Å²) < 4.78 is 0. The Balaban J connectivity index is 1.81. The van der Waals surface area contributed by atoms with E-state index in [-0.39, 0.29) is 5.56 Å². The highest BCUT2D eigenvalue weighted by atomic mass is 16.3. The minimum atomic E-state index is -0.585. The number of fused-ring (bicyclic) bond motifs is 1. The number of aromatic nitrogens is 2. The molecule has 3 rings (SSSR count). The summed E-state index contributed by atoms with van der Waals surface area (Å²) in [6, 6.07) is 7.57. The summed E-state index contributed by atoms with van der Waals surface area (Å²) in [4.78, 5) is 21.7. The lowest BCUT2D eigenvalue weighted by molar-refractivity contribution is 0.0444. The third-order valence-corrected chi connectivity index (χ3v) is 4.20. The lowest BCUT2D eigenvalue weighted by Crippen LogP contribution is -2.30. The van der Waals surface area contributed by atoms with Crippen molar-refractivity contribution in [1.29, 1.82) is 0 Å². The summed E-state index contributed by atoms with van der Waals surface area (Å²) in [5.41, 5.74) is 1.43. The maximum Gasteiger partial charge on any atom is 0.271 e. The zero-order chi connectivity index (χ0) is 14.9. The quantitative estimate of drug-likeness (QED) is 0.881. The van der Waals surface area contributed by atoms with Gasteiger partial charge in [0, 0.05) is 13.1 Å². The highest BCUT2D eigenvalue weighted by Crippen LogP contribution is 2.22. The summed E-state index contributed by atoms with van der Waals surface area (Å²) in [7, 11) is 0. The molecule has 2 heterocycles. The molecule has 0 bridgehead atoms. The van der Waals surface area contributed by atoms with Crippen molar-refractivity contribution in [3.05, 3.63) is 40.3 Å². The molecular formula is C16H21N3O2. The zero-order valence-corrected chi connectivity index (χ0v) is 12.3. The second kappa shape index (κ2) is 5.58. The number of likely N-dealkylation sites (tertiary alicyclic amines) is 1. The average Bonchev–Trinajstić information content (AvgIpc) is 2.61. The van der Waals surface area contributed by atoms with Gasteiger partial charge in [0.25, 0.3) is 5.56 Å². The molecule has 0 radical (unpaired) electrons. The number of nitrogens with zero attached hydrogens (tertiary/aromatic N) is 2. The highest BCUT2D eigenvalue weighted by Gasteiger charge is 2.25. The van der Waals surface area contributed by atoms with Gasteiger partial charge in [0.2, 0.25) is 0 Å². The van der Waals surface area contributed by atoms with Gasteiger partial charge >= 0.3 is 0 Å². The number of H-pyrrole nitrogens is 1. The van der Waals surface area contributed by atoms with Gasteiger partial charge in [-0.15, -0.1) is 0 Å². The number of aromatic amines is 1. The van der Waals surface area contributed by atoms with Crippen molar-refractivity contribution in [2.24, 2.45) is 0 Å². The van der Waals surface area contributed by atoms with Crippen LogP contribution in [0.2, 0.25) is 0 Å². The Morgan fingerprint density at radius 3 is 3.00 bits per heavy atom. The van der Waals surface area contributed by atoms with Crippen LogP contribution in [0.3, 0.4) is 0 Å². The van der Waals surface area contributed by atoms with Gasteiger partial charge in [-0.3, -0.25) is 9.69 Å². The van der Waals surface area contributed by atoms with Crippen molar-refractivity contribution < 1.29 is 5.11 Å². The molecule has 1 fully saturated rings. The second-order valence-corrected chi connectivity index (χ2v) is 6.16. The first-order valence-electron chi connectivity index (χ1n) is 7.46. The van der Waals surface area contributed by atoms with E-state index in [1.807, 2.05) is 31.2 Å². The average molecular weight is 287 g/mol. The summed E-state index contributed by atoms with van der Waals surface area (Å²) in [6.45, 7) is 4.11. The first kappa shape index (κ1) is 14.2. The molecule has 1 aliphatic rings. The summed E-state index contributed by atoms with van der Waals surface area (Å²) in [5.74, 6) is 0. The van der Waals surface area contributed by atoms with Gasteiger partial charge < -0.3 is 10.1 Å². The van der Waals surface area contributed by atoms with E-state index >= 15 is 0 Å². The van der Waals surface area contributed by atoms with Crippen LogP contribution in [0.5, 0.6) is 0 Å². The van der Waals surface area contributed by atoms with Crippen molar-refractivity contribution in [2.45, 2.75) is 38.3 Å². The van der Waals surface area contributed by atoms with Crippen LogP contribution >= 0.6 is 0 Å². The van der Waals surface area contributed by atoms with E-state index in [0.29, 0.717) is 12.2 Å². The Kier molecular flexibility index (Phi) is 3.78. The molecule has 1 aromatic carbocycles. The van der Waals surface area contributed by atoms with Gasteiger partial charge in [0.05, 0.1) is 16.6 Å². The second-order valence-electron chi connectivity index (χ2n) is 6.16. The first-order valence-corrected chi connectivity index (χ1v) is 7.46. The molecule has 1 atom stereocenters. The first-order chi connectivity index (χ1) is 10.0. The summed E-state index contributed by atoms with van der Waals surface area (Å²) >= 11 is 0. The van der Waals surface area contributed by atoms with Crippen molar-refractivity contribution >= 4 is 11.0 Å². The lowest BCUT2D eigenvalue weighted by Gasteiger charge is -2.22. The van der Waals surface area contributed by atoms with Gasteiger partial charge in [-0.25, -0.2) is 4.98 Å². The third kappa shape index (κ3) is 3.31. The van der Waals surface area contributed by atoms with Gasteiger partial charge in [-0.1, -0.05) is 12.1 Å². The predicted octanol–water partition coefficient (Wildman–Crippen LogP) is 1.66. The van der Waals surface area contributed by atoms with Gasteiger partial charge in [0.1, 0.15) is 5.69 Å². The monoisotopic (exact) mass is 287 g/mol. The van der Waals surface area contributed by atoms with E-state index in [1.165, 1.54) is 0 Å². The maximum atomic E-state index is 12.1. The molecule has 1 unspecified atom stereocenters. The normalized spacial score (nSPS) is 24.1. The molecule has 0 spiro atoms. The fourth-order valence-electron chi connectivity index (χ4n) is 2.86. The zero-order valence-electron chi connectivity index (χ0n) is 12.3. The predicted molar refractivity (Wildman–Crippen MR) is 82.1 cm³/mol. The van der Waals surface area contributed by atoms with Crippen LogP contribution in [0.15, 0.2) is 29.1 Å². The third-order valence-electron chi connectivity index (χ3n) is 4.20. The van der Waals surface area contributed by atoms with Crippen LogP contribution in [0.1, 0.15) is 31.9 Å². The molecule has 2 aromatic rings. The minimum absolute atomic E-state index is 0.121. The lowest BCUT2D eigenvalue weighted by atomic mass is 9.98. The molecular weight excluding hydrogens is 266 g/mol. The summed E-state index contributed by atoms with van der Waals surface area (Å²) in [5, 5.41) is 10.1. The van der Waals surface area contributed by atoms with Crippen LogP contribution in [0, 0.1) is 0 Å². The molecule has 21 heavy (non-hydrogen) atoms. The van der Waals surface area contributed by atoms with Gasteiger partial charge in [0.15, 0.2) is 0 Å². The Morgan fingerprint density at radius 2 is 2.14 bits per heavy atom. The van der Waals surface area contributed by atoms with Crippen LogP contribution in [-0.2, 0) is 6.54 Å². The SMILES string of the molecule is CC1(O)CCCN(Cc2nc3ccccc3[nH]c2=O)CC1. The van der Waals surface area contributed by atoms with Crippen molar-refractivity contribution in [3.63, 3.8) is 0 Å². The van der Waals surface area contributed by atoms with E-state index in [1.54, 1.807) is 0 Å². The molecule has 0 aliphatic carbocycles. The van der Waals surface area contributed by atoms with E-state index < -0.39 is 5.60 Å².